The van der Waals surface area contributed by atoms with Crippen LogP contribution < -0.4 is 15.4 Å². The van der Waals surface area contributed by atoms with Crippen molar-refractivity contribution in [2.45, 2.75) is 33.2 Å². The summed E-state index contributed by atoms with van der Waals surface area (Å²) in [5, 5.41) is 16.3. The van der Waals surface area contributed by atoms with Crippen molar-refractivity contribution in [3.05, 3.63) is 33.9 Å². The second-order valence-corrected chi connectivity index (χ2v) is 6.04. The maximum atomic E-state index is 12.4. The zero-order valence-corrected chi connectivity index (χ0v) is 15.4. The molecule has 2 N–H and O–H groups in total. The minimum Gasteiger partial charge on any atom is -0.496 e. The third-order valence-electron chi connectivity index (χ3n) is 3.50. The van der Waals surface area contributed by atoms with E-state index in [1.165, 1.54) is 19.2 Å². The molecule has 0 aromatic heterocycles. The Labute approximate surface area is 152 Å². The number of methoxy groups -OCH3 is 1. The van der Waals surface area contributed by atoms with Gasteiger partial charge in [0.1, 0.15) is 5.75 Å². The van der Waals surface area contributed by atoms with Gasteiger partial charge in [-0.05, 0) is 25.3 Å². The average Bonchev–Trinajstić information content (AvgIpc) is 2.58. The summed E-state index contributed by atoms with van der Waals surface area (Å²) in [6.07, 6.45) is 0.0749. The molecule has 2 amide bonds. The molecule has 1 rings (SSSR count). The number of ether oxygens (including phenoxy) is 2. The predicted octanol–water partition coefficient (Wildman–Crippen LogP) is 2.49. The third-order valence-corrected chi connectivity index (χ3v) is 3.50. The van der Waals surface area contributed by atoms with E-state index in [4.69, 9.17) is 9.47 Å². The highest BCUT2D eigenvalue weighted by molar-refractivity contribution is 5.97. The topological polar surface area (TPSA) is 120 Å². The number of hydrogen-bond acceptors (Lipinski definition) is 6. The third kappa shape index (κ3) is 6.58. The van der Waals surface area contributed by atoms with Gasteiger partial charge in [-0.1, -0.05) is 13.8 Å². The first-order valence-electron chi connectivity index (χ1n) is 8.32. The Hall–Kier alpha value is -2.84. The highest BCUT2D eigenvalue weighted by Crippen LogP contribution is 2.23. The van der Waals surface area contributed by atoms with Gasteiger partial charge in [-0.15, -0.1) is 0 Å². The molecule has 1 aromatic carbocycles. The van der Waals surface area contributed by atoms with E-state index < -0.39 is 16.9 Å². The Bertz CT molecular complexity index is 647. The molecule has 0 spiro atoms. The molecule has 0 aliphatic heterocycles. The largest absolute Gasteiger partial charge is 0.496 e. The van der Waals surface area contributed by atoms with Crippen LogP contribution in [0.3, 0.4) is 0 Å². The van der Waals surface area contributed by atoms with Crippen LogP contribution in [-0.4, -0.2) is 43.2 Å². The smallest absolute Gasteiger partial charge is 0.407 e. The van der Waals surface area contributed by atoms with Crippen molar-refractivity contribution in [3.63, 3.8) is 0 Å². The van der Waals surface area contributed by atoms with E-state index in [9.17, 15) is 19.7 Å². The molecule has 0 saturated heterocycles. The quantitative estimate of drug-likeness (QED) is 0.511. The number of alkyl carbamates (subject to hydrolysis) is 1. The van der Waals surface area contributed by atoms with Crippen LogP contribution in [-0.2, 0) is 4.74 Å². The van der Waals surface area contributed by atoms with Crippen molar-refractivity contribution < 1.29 is 24.0 Å². The lowest BCUT2D eigenvalue weighted by Gasteiger charge is -2.21. The highest BCUT2D eigenvalue weighted by Gasteiger charge is 2.20. The summed E-state index contributed by atoms with van der Waals surface area (Å²) in [5.74, 6) is -0.0111. The van der Waals surface area contributed by atoms with Gasteiger partial charge < -0.3 is 20.1 Å². The lowest BCUT2D eigenvalue weighted by atomic mass is 10.0. The summed E-state index contributed by atoms with van der Waals surface area (Å²) in [4.78, 5) is 34.4. The number of benzene rings is 1. The lowest BCUT2D eigenvalue weighted by Crippen LogP contribution is -2.44. The van der Waals surface area contributed by atoms with Crippen molar-refractivity contribution >= 4 is 17.7 Å². The van der Waals surface area contributed by atoms with Crippen molar-refractivity contribution in [3.8, 4) is 5.75 Å². The van der Waals surface area contributed by atoms with Gasteiger partial charge in [0.2, 0.25) is 0 Å². The summed E-state index contributed by atoms with van der Waals surface area (Å²) < 4.78 is 9.96. The summed E-state index contributed by atoms with van der Waals surface area (Å²) >= 11 is 0. The molecule has 0 fully saturated rings. The molecule has 1 unspecified atom stereocenters. The summed E-state index contributed by atoms with van der Waals surface area (Å²) in [6, 6.07) is 3.46. The summed E-state index contributed by atoms with van der Waals surface area (Å²) in [6.45, 7) is 6.09. The lowest BCUT2D eigenvalue weighted by molar-refractivity contribution is -0.384. The first-order chi connectivity index (χ1) is 12.3. The zero-order valence-electron chi connectivity index (χ0n) is 15.4. The molecule has 0 heterocycles. The number of hydrogen-bond donors (Lipinski definition) is 2. The fraction of sp³-hybridized carbons (Fsp3) is 0.529. The van der Waals surface area contributed by atoms with Crippen molar-refractivity contribution in [2.24, 2.45) is 5.92 Å². The second kappa shape index (κ2) is 10.2. The van der Waals surface area contributed by atoms with Gasteiger partial charge in [0.25, 0.3) is 11.6 Å². The van der Waals surface area contributed by atoms with Crippen LogP contribution in [0.4, 0.5) is 10.5 Å². The highest BCUT2D eigenvalue weighted by atomic mass is 16.6. The first kappa shape index (κ1) is 21.2. The van der Waals surface area contributed by atoms with Crippen LogP contribution in [0, 0.1) is 16.0 Å². The fourth-order valence-corrected chi connectivity index (χ4v) is 2.40. The van der Waals surface area contributed by atoms with Crippen LogP contribution in [0.5, 0.6) is 5.75 Å². The van der Waals surface area contributed by atoms with Crippen LogP contribution in [0.15, 0.2) is 18.2 Å². The van der Waals surface area contributed by atoms with E-state index in [2.05, 4.69) is 10.6 Å². The number of carbonyl (C=O) groups is 2. The molecule has 26 heavy (non-hydrogen) atoms. The van der Waals surface area contributed by atoms with Gasteiger partial charge in [0.15, 0.2) is 0 Å². The number of rotatable bonds is 9. The van der Waals surface area contributed by atoms with Gasteiger partial charge in [-0.3, -0.25) is 14.9 Å². The van der Waals surface area contributed by atoms with E-state index in [1.54, 1.807) is 6.92 Å². The molecule has 9 heteroatoms. The van der Waals surface area contributed by atoms with Gasteiger partial charge >= 0.3 is 6.09 Å². The summed E-state index contributed by atoms with van der Waals surface area (Å²) in [5.41, 5.74) is -0.152. The maximum absolute atomic E-state index is 12.4. The molecule has 1 atom stereocenters. The van der Waals surface area contributed by atoms with Crippen molar-refractivity contribution in [2.75, 3.05) is 20.3 Å². The van der Waals surface area contributed by atoms with E-state index in [0.29, 0.717) is 6.42 Å². The standard InChI is InChI=1S/C17H25N3O6/c1-5-26-17(22)19-12(8-11(2)3)10-18-16(21)14-9-13(20(23)24)6-7-15(14)25-4/h6-7,9,11-12H,5,8,10H2,1-4H3,(H,18,21)(H,19,22). The summed E-state index contributed by atoms with van der Waals surface area (Å²) in [7, 11) is 1.38. The molecular weight excluding hydrogens is 342 g/mol. The Kier molecular flexibility index (Phi) is 8.33. The maximum Gasteiger partial charge on any atom is 0.407 e. The predicted molar refractivity (Wildman–Crippen MR) is 95.4 cm³/mol. The van der Waals surface area contributed by atoms with Gasteiger partial charge in [-0.25, -0.2) is 4.79 Å². The zero-order chi connectivity index (χ0) is 19.7. The Morgan fingerprint density at radius 1 is 1.31 bits per heavy atom. The molecular formula is C17H25N3O6. The van der Waals surface area contributed by atoms with Crippen LogP contribution >= 0.6 is 0 Å². The molecule has 0 radical (unpaired) electrons. The second-order valence-electron chi connectivity index (χ2n) is 6.04. The first-order valence-corrected chi connectivity index (χ1v) is 8.32. The fourth-order valence-electron chi connectivity index (χ4n) is 2.40. The Morgan fingerprint density at radius 3 is 2.54 bits per heavy atom. The molecule has 0 saturated carbocycles. The van der Waals surface area contributed by atoms with Gasteiger partial charge in [-0.2, -0.15) is 0 Å². The normalized spacial score (nSPS) is 11.6. The number of carbonyl (C=O) groups excluding carboxylic acids is 2. The molecule has 9 nitrogen and oxygen atoms in total. The van der Waals surface area contributed by atoms with E-state index in [1.807, 2.05) is 13.8 Å². The molecule has 0 aliphatic carbocycles. The average molecular weight is 367 g/mol. The minimum atomic E-state index is -0.583. The number of nitrogens with zero attached hydrogens (tertiary/aromatic N) is 1. The van der Waals surface area contributed by atoms with Gasteiger partial charge in [0, 0.05) is 24.7 Å². The van der Waals surface area contributed by atoms with Crippen molar-refractivity contribution in [1.29, 1.82) is 0 Å². The molecule has 0 bridgehead atoms. The Balaban J connectivity index is 2.85. The van der Waals surface area contributed by atoms with E-state index >= 15 is 0 Å². The SMILES string of the molecule is CCOC(=O)NC(CNC(=O)c1cc([N+](=O)[O-])ccc1OC)CC(C)C. The molecule has 0 aliphatic rings. The monoisotopic (exact) mass is 367 g/mol. The minimum absolute atomic E-state index is 0.0566. The number of nitro benzene ring substituents is 1. The van der Waals surface area contributed by atoms with Crippen LogP contribution in [0.1, 0.15) is 37.6 Å². The number of amides is 2. The van der Waals surface area contributed by atoms with Crippen LogP contribution in [0.25, 0.3) is 0 Å². The Morgan fingerprint density at radius 2 is 2.00 bits per heavy atom. The number of nitro groups is 1. The van der Waals surface area contributed by atoms with Crippen molar-refractivity contribution in [1.82, 2.24) is 10.6 Å². The molecule has 1 aromatic rings. The molecule has 144 valence electrons. The number of non-ortho nitro benzene ring substituents is 1. The number of nitrogens with one attached hydrogen (secondary N) is 2. The van der Waals surface area contributed by atoms with E-state index in [0.717, 1.165) is 6.07 Å². The van der Waals surface area contributed by atoms with E-state index in [-0.39, 0.29) is 42.1 Å². The van der Waals surface area contributed by atoms with Crippen LogP contribution in [0.2, 0.25) is 0 Å². The van der Waals surface area contributed by atoms with Gasteiger partial charge in [0.05, 0.1) is 24.2 Å².